The maximum Gasteiger partial charge on any atom is 0.147 e. The van der Waals surface area contributed by atoms with Crippen LogP contribution in [0.25, 0.3) is 0 Å². The van der Waals surface area contributed by atoms with E-state index in [1.165, 1.54) is 25.8 Å². The number of benzene rings is 1. The summed E-state index contributed by atoms with van der Waals surface area (Å²) in [4.78, 5) is 13.7. The molecular weight excluding hydrogens is 272 g/mol. The Labute approximate surface area is 131 Å². The topological polar surface area (TPSA) is 32.3 Å². The number of hydrogen-bond donors (Lipinski definition) is 0. The number of aromatic nitrogens is 2. The van der Waals surface area contributed by atoms with E-state index in [1.54, 1.807) is 23.5 Å². The van der Waals surface area contributed by atoms with Gasteiger partial charge in [0.05, 0.1) is 6.20 Å². The Balaban J connectivity index is 1.42. The first-order valence-corrected chi connectivity index (χ1v) is 8.22. The molecule has 1 saturated heterocycles. The molecule has 1 fully saturated rings. The highest BCUT2D eigenvalue weighted by molar-refractivity contribution is 5.36. The van der Waals surface area contributed by atoms with Crippen molar-refractivity contribution < 1.29 is 0 Å². The van der Waals surface area contributed by atoms with Crippen molar-refractivity contribution >= 4 is 5.82 Å². The van der Waals surface area contributed by atoms with Crippen LogP contribution < -0.4 is 4.90 Å². The molecule has 114 valence electrons. The van der Waals surface area contributed by atoms with Crippen molar-refractivity contribution in [1.82, 2.24) is 14.9 Å². The van der Waals surface area contributed by atoms with Crippen LogP contribution in [0.1, 0.15) is 17.5 Å². The summed E-state index contributed by atoms with van der Waals surface area (Å²) >= 11 is 0. The SMILES string of the molecule is c1ccc2c(c1)CC(N1CCCN(c3cnccn3)CC1)C2. The maximum atomic E-state index is 4.44. The van der Waals surface area contributed by atoms with Crippen LogP contribution in [0.5, 0.6) is 0 Å². The highest BCUT2D eigenvalue weighted by Gasteiger charge is 2.28. The summed E-state index contributed by atoms with van der Waals surface area (Å²) in [7, 11) is 0. The van der Waals surface area contributed by atoms with Crippen LogP contribution in [-0.2, 0) is 12.8 Å². The predicted octanol–water partition coefficient (Wildman–Crippen LogP) is 2.16. The summed E-state index contributed by atoms with van der Waals surface area (Å²) in [5.74, 6) is 1.01. The zero-order valence-corrected chi connectivity index (χ0v) is 12.9. The first-order chi connectivity index (χ1) is 10.9. The Morgan fingerprint density at radius 3 is 2.45 bits per heavy atom. The lowest BCUT2D eigenvalue weighted by Crippen LogP contribution is -2.39. The zero-order chi connectivity index (χ0) is 14.8. The van der Waals surface area contributed by atoms with Gasteiger partial charge in [-0.2, -0.15) is 0 Å². The molecule has 4 heteroatoms. The van der Waals surface area contributed by atoms with Gasteiger partial charge in [0.2, 0.25) is 0 Å². The highest BCUT2D eigenvalue weighted by atomic mass is 15.3. The van der Waals surface area contributed by atoms with Gasteiger partial charge >= 0.3 is 0 Å². The molecule has 1 aliphatic carbocycles. The Bertz CT molecular complexity index is 603. The van der Waals surface area contributed by atoms with Crippen LogP contribution in [-0.4, -0.2) is 47.1 Å². The lowest BCUT2D eigenvalue weighted by Gasteiger charge is -2.27. The molecule has 2 heterocycles. The molecule has 0 atom stereocenters. The van der Waals surface area contributed by atoms with Crippen molar-refractivity contribution in [2.75, 3.05) is 31.1 Å². The summed E-state index contributed by atoms with van der Waals surface area (Å²) in [6.07, 6.45) is 9.02. The average molecular weight is 294 g/mol. The van der Waals surface area contributed by atoms with Crippen LogP contribution >= 0.6 is 0 Å². The van der Waals surface area contributed by atoms with Crippen LogP contribution in [0.15, 0.2) is 42.9 Å². The fraction of sp³-hybridized carbons (Fsp3) is 0.444. The maximum absolute atomic E-state index is 4.44. The van der Waals surface area contributed by atoms with Gasteiger partial charge in [0, 0.05) is 44.6 Å². The van der Waals surface area contributed by atoms with Crippen LogP contribution in [0.4, 0.5) is 5.82 Å². The summed E-state index contributed by atoms with van der Waals surface area (Å²) in [5, 5.41) is 0. The van der Waals surface area contributed by atoms with Gasteiger partial charge in [0.15, 0.2) is 0 Å². The van der Waals surface area contributed by atoms with E-state index in [-0.39, 0.29) is 0 Å². The average Bonchev–Trinajstić information content (AvgIpc) is 2.85. The summed E-state index contributed by atoms with van der Waals surface area (Å²) in [5.41, 5.74) is 3.09. The van der Waals surface area contributed by atoms with Crippen LogP contribution in [0, 0.1) is 0 Å². The minimum absolute atomic E-state index is 0.680. The second-order valence-electron chi connectivity index (χ2n) is 6.27. The van der Waals surface area contributed by atoms with Crippen molar-refractivity contribution in [1.29, 1.82) is 0 Å². The monoisotopic (exact) mass is 294 g/mol. The molecule has 1 aromatic heterocycles. The molecule has 0 unspecified atom stereocenters. The minimum Gasteiger partial charge on any atom is -0.354 e. The van der Waals surface area contributed by atoms with E-state index in [0.29, 0.717) is 6.04 Å². The second kappa shape index (κ2) is 6.05. The van der Waals surface area contributed by atoms with Gasteiger partial charge in [0.25, 0.3) is 0 Å². The standard InChI is InChI=1S/C18H22N4/c1-2-5-16-13-17(12-15(16)4-1)21-8-3-9-22(11-10-21)18-14-19-6-7-20-18/h1-2,4-7,14,17H,3,8-13H2. The van der Waals surface area contributed by atoms with E-state index in [9.17, 15) is 0 Å². The molecule has 0 bridgehead atoms. The van der Waals surface area contributed by atoms with Gasteiger partial charge in [-0.1, -0.05) is 24.3 Å². The van der Waals surface area contributed by atoms with E-state index in [4.69, 9.17) is 0 Å². The van der Waals surface area contributed by atoms with Gasteiger partial charge in [0.1, 0.15) is 5.82 Å². The predicted molar refractivity (Wildman–Crippen MR) is 88.1 cm³/mol. The molecule has 22 heavy (non-hydrogen) atoms. The third-order valence-corrected chi connectivity index (χ3v) is 4.95. The van der Waals surface area contributed by atoms with Crippen LogP contribution in [0.2, 0.25) is 0 Å². The van der Waals surface area contributed by atoms with Crippen molar-refractivity contribution in [3.8, 4) is 0 Å². The minimum atomic E-state index is 0.680. The van der Waals surface area contributed by atoms with Gasteiger partial charge in [-0.05, 0) is 30.4 Å². The summed E-state index contributed by atoms with van der Waals surface area (Å²) in [6.45, 7) is 4.44. The largest absolute Gasteiger partial charge is 0.354 e. The lowest BCUT2D eigenvalue weighted by atomic mass is 10.1. The van der Waals surface area contributed by atoms with Crippen molar-refractivity contribution in [3.63, 3.8) is 0 Å². The quantitative estimate of drug-likeness (QED) is 0.849. The highest BCUT2D eigenvalue weighted by Crippen LogP contribution is 2.26. The molecule has 2 aromatic rings. The number of anilines is 1. The lowest BCUT2D eigenvalue weighted by molar-refractivity contribution is 0.216. The van der Waals surface area contributed by atoms with Crippen molar-refractivity contribution in [3.05, 3.63) is 54.0 Å². The zero-order valence-electron chi connectivity index (χ0n) is 12.9. The molecule has 2 aliphatic rings. The second-order valence-corrected chi connectivity index (χ2v) is 6.27. The van der Waals surface area contributed by atoms with Crippen molar-refractivity contribution in [2.24, 2.45) is 0 Å². The first-order valence-electron chi connectivity index (χ1n) is 8.22. The number of rotatable bonds is 2. The molecule has 4 nitrogen and oxygen atoms in total. The number of hydrogen-bond acceptors (Lipinski definition) is 4. The third kappa shape index (κ3) is 2.71. The van der Waals surface area contributed by atoms with E-state index >= 15 is 0 Å². The van der Waals surface area contributed by atoms with Gasteiger partial charge in [-0.25, -0.2) is 4.98 Å². The van der Waals surface area contributed by atoms with Crippen LogP contribution in [0.3, 0.4) is 0 Å². The van der Waals surface area contributed by atoms with E-state index in [1.807, 2.05) is 6.20 Å². The molecule has 0 saturated carbocycles. The molecule has 0 amide bonds. The molecule has 4 rings (SSSR count). The molecule has 0 N–H and O–H groups in total. The van der Waals surface area contributed by atoms with Gasteiger partial charge in [-0.15, -0.1) is 0 Å². The number of fused-ring (bicyclic) bond motifs is 1. The normalized spacial score (nSPS) is 19.9. The van der Waals surface area contributed by atoms with E-state index in [2.05, 4.69) is 44.0 Å². The fourth-order valence-electron chi connectivity index (χ4n) is 3.78. The fourth-order valence-corrected chi connectivity index (χ4v) is 3.78. The van der Waals surface area contributed by atoms with E-state index in [0.717, 1.165) is 25.5 Å². The Hall–Kier alpha value is -1.94. The Morgan fingerprint density at radius 1 is 0.909 bits per heavy atom. The molecule has 1 aliphatic heterocycles. The molecule has 0 radical (unpaired) electrons. The Kier molecular flexibility index (Phi) is 3.77. The van der Waals surface area contributed by atoms with Crippen molar-refractivity contribution in [2.45, 2.75) is 25.3 Å². The van der Waals surface area contributed by atoms with Gasteiger partial charge < -0.3 is 4.90 Å². The van der Waals surface area contributed by atoms with E-state index < -0.39 is 0 Å². The number of nitrogens with zero attached hydrogens (tertiary/aromatic N) is 4. The van der Waals surface area contributed by atoms with Gasteiger partial charge in [-0.3, -0.25) is 9.88 Å². The molecule has 0 spiro atoms. The third-order valence-electron chi connectivity index (χ3n) is 4.95. The summed E-state index contributed by atoms with van der Waals surface area (Å²) in [6, 6.07) is 9.59. The molecular formula is C18H22N4. The molecule has 1 aromatic carbocycles. The first kappa shape index (κ1) is 13.7. The Morgan fingerprint density at radius 2 is 1.73 bits per heavy atom. The smallest absolute Gasteiger partial charge is 0.147 e. The summed E-state index contributed by atoms with van der Waals surface area (Å²) < 4.78 is 0.